The van der Waals surface area contributed by atoms with Gasteiger partial charge in [0.2, 0.25) is 5.91 Å². The number of anilines is 6. The second-order valence-electron chi connectivity index (χ2n) is 18.7. The molecule has 0 radical (unpaired) electrons. The maximum atomic E-state index is 14.0. The van der Waals surface area contributed by atoms with E-state index in [0.29, 0.717) is 58.8 Å². The van der Waals surface area contributed by atoms with E-state index in [1.807, 2.05) is 36.7 Å². The lowest BCUT2D eigenvalue weighted by Crippen LogP contribution is -2.57. The third-order valence-corrected chi connectivity index (χ3v) is 13.8. The number of aromatic amines is 1. The van der Waals surface area contributed by atoms with Gasteiger partial charge in [-0.25, -0.2) is 15.0 Å². The second kappa shape index (κ2) is 16.7. The van der Waals surface area contributed by atoms with Gasteiger partial charge in [0.05, 0.1) is 23.7 Å². The summed E-state index contributed by atoms with van der Waals surface area (Å²) >= 11 is 0. The third kappa shape index (κ3) is 7.73. The first kappa shape index (κ1) is 42.2. The normalized spacial score (nSPS) is 18.8. The van der Waals surface area contributed by atoms with Gasteiger partial charge in [-0.05, 0) is 92.1 Å². The highest BCUT2D eigenvalue weighted by Crippen LogP contribution is 2.41. The van der Waals surface area contributed by atoms with E-state index in [2.05, 4.69) is 84.3 Å². The average molecular weight is 877 g/mol. The summed E-state index contributed by atoms with van der Waals surface area (Å²) in [6.45, 7) is 15.6. The molecule has 10 rings (SSSR count). The standard InChI is InChI=1S/C49H56N12O4/c1-6-43(63)54-37-24-32(7-8-40(37)59-20-19-58(27-30(59)2)33-12-17-57(18-13-33)39-11-16-51-44-35(39)10-14-50-44)53-45-48(65)56(5)28-38(55-45)34-9-15-52-46(36(34)29-62)61-22-21-60-41(47(61)64)23-31-25-49(3,4)26-42(31)60/h6-11,14-16,23-24,28,30,33,62H,1,12-13,17-22,25-27,29H2,2-5H3,(H,50,51)(H,53,55)(H,54,63)/t30-/m0/s1. The zero-order valence-corrected chi connectivity index (χ0v) is 37.5. The number of hydrogen-bond acceptors (Lipinski definition) is 11. The maximum Gasteiger partial charge on any atom is 0.293 e. The maximum absolute atomic E-state index is 14.0. The fourth-order valence-corrected chi connectivity index (χ4v) is 10.7. The number of aromatic nitrogens is 6. The number of benzene rings is 1. The Morgan fingerprint density at radius 2 is 1.80 bits per heavy atom. The number of pyridine rings is 2. The molecule has 1 aromatic carbocycles. The molecule has 0 bridgehead atoms. The molecule has 0 spiro atoms. The van der Waals surface area contributed by atoms with Crippen LogP contribution in [0.4, 0.5) is 34.4 Å². The Balaban J connectivity index is 0.866. The summed E-state index contributed by atoms with van der Waals surface area (Å²) in [6, 6.07) is 14.3. The van der Waals surface area contributed by atoms with Crippen molar-refractivity contribution < 1.29 is 14.7 Å². The Morgan fingerprint density at radius 3 is 2.58 bits per heavy atom. The minimum atomic E-state index is -0.398. The van der Waals surface area contributed by atoms with Crippen LogP contribution in [0.3, 0.4) is 0 Å². The van der Waals surface area contributed by atoms with Gasteiger partial charge in [-0.2, -0.15) is 0 Å². The minimum absolute atomic E-state index is 0.0554. The molecule has 336 valence electrons. The van der Waals surface area contributed by atoms with E-state index in [0.717, 1.165) is 75.1 Å². The van der Waals surface area contributed by atoms with Crippen molar-refractivity contribution in [2.45, 2.75) is 71.7 Å². The number of piperidine rings is 1. The molecule has 1 aliphatic carbocycles. The van der Waals surface area contributed by atoms with Crippen molar-refractivity contribution in [3.63, 3.8) is 0 Å². The number of amides is 2. The van der Waals surface area contributed by atoms with E-state index >= 15 is 0 Å². The van der Waals surface area contributed by atoms with Crippen molar-refractivity contribution in [2.24, 2.45) is 12.5 Å². The number of fused-ring (bicyclic) bond motifs is 4. The molecule has 3 aliphatic heterocycles. The van der Waals surface area contributed by atoms with Gasteiger partial charge in [0.25, 0.3) is 11.5 Å². The van der Waals surface area contributed by atoms with Crippen molar-refractivity contribution >= 4 is 57.2 Å². The van der Waals surface area contributed by atoms with Gasteiger partial charge in [-0.15, -0.1) is 0 Å². The summed E-state index contributed by atoms with van der Waals surface area (Å²) in [7, 11) is 1.65. The Kier molecular flexibility index (Phi) is 10.8. The van der Waals surface area contributed by atoms with Crippen LogP contribution in [0.2, 0.25) is 0 Å². The molecular formula is C49H56N12O4. The SMILES string of the molecule is C=CC(=O)Nc1cc(Nc2nc(-c3ccnc(N4CCn5c(cc6c5CC(C)(C)C6)C4=O)c3CO)cn(C)c2=O)ccc1N1CCN(C2CCN(c3ccnc4[nH]ccc34)CC2)C[C@@H]1C. The first-order valence-electron chi connectivity index (χ1n) is 22.6. The zero-order valence-electron chi connectivity index (χ0n) is 37.5. The summed E-state index contributed by atoms with van der Waals surface area (Å²) in [5.74, 6) is -0.0811. The first-order valence-corrected chi connectivity index (χ1v) is 22.6. The fourth-order valence-electron chi connectivity index (χ4n) is 10.7. The molecule has 4 N–H and O–H groups in total. The predicted molar refractivity (Wildman–Crippen MR) is 254 cm³/mol. The third-order valence-electron chi connectivity index (χ3n) is 13.8. The monoisotopic (exact) mass is 876 g/mol. The molecule has 16 heteroatoms. The van der Waals surface area contributed by atoms with Crippen LogP contribution in [0.5, 0.6) is 0 Å². The number of aliphatic hydroxyl groups is 1. The van der Waals surface area contributed by atoms with Crippen LogP contribution in [0.15, 0.2) is 84.7 Å². The zero-order chi connectivity index (χ0) is 45.1. The summed E-state index contributed by atoms with van der Waals surface area (Å²) in [6.07, 6.45) is 12.3. The molecule has 5 aromatic heterocycles. The molecule has 0 saturated carbocycles. The highest BCUT2D eigenvalue weighted by Gasteiger charge is 2.38. The summed E-state index contributed by atoms with van der Waals surface area (Å²) < 4.78 is 3.59. The number of carbonyl (C=O) groups is 2. The molecule has 2 fully saturated rings. The van der Waals surface area contributed by atoms with Crippen LogP contribution >= 0.6 is 0 Å². The lowest BCUT2D eigenvalue weighted by atomic mass is 9.90. The van der Waals surface area contributed by atoms with Crippen molar-refractivity contribution in [1.82, 2.24) is 34.0 Å². The van der Waals surface area contributed by atoms with E-state index in [-0.39, 0.29) is 34.6 Å². The number of aryl methyl sites for hydroxylation is 1. The molecule has 0 unspecified atom stereocenters. The van der Waals surface area contributed by atoms with E-state index in [1.165, 1.54) is 27.6 Å². The molecular weight excluding hydrogens is 821 g/mol. The van der Waals surface area contributed by atoms with E-state index < -0.39 is 6.61 Å². The van der Waals surface area contributed by atoms with E-state index in [4.69, 9.17) is 4.98 Å². The molecule has 1 atom stereocenters. The topological polar surface area (TPSA) is 173 Å². The number of piperazine rings is 1. The molecule has 16 nitrogen and oxygen atoms in total. The Morgan fingerprint density at radius 1 is 0.985 bits per heavy atom. The number of carbonyl (C=O) groups excluding carboxylic acids is 2. The lowest BCUT2D eigenvalue weighted by molar-refractivity contribution is -0.111. The number of hydrogen-bond donors (Lipinski definition) is 4. The van der Waals surface area contributed by atoms with E-state index in [9.17, 15) is 19.5 Å². The van der Waals surface area contributed by atoms with Gasteiger partial charge in [-0.3, -0.25) is 24.2 Å². The van der Waals surface area contributed by atoms with Crippen LogP contribution in [0.1, 0.15) is 60.9 Å². The smallest absolute Gasteiger partial charge is 0.293 e. The molecule has 6 aromatic rings. The van der Waals surface area contributed by atoms with Crippen LogP contribution in [-0.4, -0.2) is 102 Å². The molecule has 8 heterocycles. The predicted octanol–water partition coefficient (Wildman–Crippen LogP) is 5.85. The van der Waals surface area contributed by atoms with Gasteiger partial charge < -0.3 is 39.7 Å². The average Bonchev–Trinajstić information content (AvgIpc) is 4.01. The number of rotatable bonds is 10. The van der Waals surface area contributed by atoms with Crippen molar-refractivity contribution in [3.8, 4) is 11.3 Å². The second-order valence-corrected chi connectivity index (χ2v) is 18.7. The van der Waals surface area contributed by atoms with Crippen molar-refractivity contribution in [3.05, 3.63) is 113 Å². The first-order chi connectivity index (χ1) is 31.4. The molecule has 65 heavy (non-hydrogen) atoms. The van der Waals surface area contributed by atoms with Gasteiger partial charge in [-0.1, -0.05) is 20.4 Å². The van der Waals surface area contributed by atoms with E-state index in [1.54, 1.807) is 30.4 Å². The summed E-state index contributed by atoms with van der Waals surface area (Å²) in [5, 5.41) is 18.2. The van der Waals surface area contributed by atoms with Gasteiger partial charge in [0.1, 0.15) is 17.2 Å². The molecule has 2 amide bonds. The highest BCUT2D eigenvalue weighted by atomic mass is 16.3. The number of aliphatic hydroxyl groups excluding tert-OH is 1. The van der Waals surface area contributed by atoms with Crippen LogP contribution in [-0.2, 0) is 37.8 Å². The summed E-state index contributed by atoms with van der Waals surface area (Å²) in [5.41, 5.74) is 8.46. The van der Waals surface area contributed by atoms with Gasteiger partial charge >= 0.3 is 0 Å². The van der Waals surface area contributed by atoms with Crippen LogP contribution in [0, 0.1) is 5.41 Å². The summed E-state index contributed by atoms with van der Waals surface area (Å²) in [4.78, 5) is 66.7. The number of H-pyrrole nitrogens is 1. The van der Waals surface area contributed by atoms with Crippen molar-refractivity contribution in [2.75, 3.05) is 64.6 Å². The fraction of sp³-hybridized carbons (Fsp3) is 0.388. The Bertz CT molecular complexity index is 2910. The Hall–Kier alpha value is -6.78. The van der Waals surface area contributed by atoms with Gasteiger partial charge in [0, 0.05) is 123 Å². The Labute approximate surface area is 377 Å². The minimum Gasteiger partial charge on any atom is -0.392 e. The van der Waals surface area contributed by atoms with Crippen LogP contribution in [0.25, 0.3) is 22.3 Å². The molecule has 2 saturated heterocycles. The molecule has 4 aliphatic rings. The lowest BCUT2D eigenvalue weighted by Gasteiger charge is -2.47. The largest absolute Gasteiger partial charge is 0.392 e. The quantitative estimate of drug-likeness (QED) is 0.122. The number of nitrogens with one attached hydrogen (secondary N) is 3. The highest BCUT2D eigenvalue weighted by molar-refractivity contribution is 6.06. The number of nitrogens with zero attached hydrogens (tertiary/aromatic N) is 9. The van der Waals surface area contributed by atoms with Crippen molar-refractivity contribution in [1.29, 1.82) is 0 Å². The van der Waals surface area contributed by atoms with Crippen LogP contribution < -0.4 is 30.9 Å². The van der Waals surface area contributed by atoms with Gasteiger partial charge in [0.15, 0.2) is 5.82 Å².